The zero-order chi connectivity index (χ0) is 50.0. The number of ether oxygens (including phenoxy) is 3. The summed E-state index contributed by atoms with van der Waals surface area (Å²) in [6.45, 7) is 6.63. The lowest BCUT2D eigenvalue weighted by Gasteiger charge is -2.18. The van der Waals surface area contributed by atoms with E-state index < -0.39 is 6.10 Å². The van der Waals surface area contributed by atoms with Crippen molar-refractivity contribution in [3.8, 4) is 0 Å². The normalized spacial score (nSPS) is 12.2. The van der Waals surface area contributed by atoms with Crippen LogP contribution in [0.2, 0.25) is 0 Å². The molecular weight excluding hydrogens is 853 g/mol. The minimum Gasteiger partial charge on any atom is -0.462 e. The Kier molecular flexibility index (Phi) is 56.2. The Morgan fingerprint density at radius 1 is 0.290 bits per heavy atom. The molecule has 0 aliphatic heterocycles. The molecule has 0 saturated carbocycles. The summed E-state index contributed by atoms with van der Waals surface area (Å²) in [6, 6.07) is 0. The second kappa shape index (κ2) is 58.2. The number of rotatable bonds is 56. The van der Waals surface area contributed by atoms with Crippen LogP contribution in [0.3, 0.4) is 0 Å². The van der Waals surface area contributed by atoms with Crippen molar-refractivity contribution in [3.63, 3.8) is 0 Å². The fourth-order valence-electron chi connectivity index (χ4n) is 9.04. The third-order valence-corrected chi connectivity index (χ3v) is 13.6. The molecule has 0 heterocycles. The molecule has 1 unspecified atom stereocenters. The van der Waals surface area contributed by atoms with E-state index in [-0.39, 0.29) is 31.1 Å². The fraction of sp³-hybridized carbons (Fsp3) is 0.857. The van der Waals surface area contributed by atoms with E-state index in [4.69, 9.17) is 14.2 Å². The van der Waals surface area contributed by atoms with Crippen molar-refractivity contribution in [2.45, 2.75) is 335 Å². The van der Waals surface area contributed by atoms with E-state index in [9.17, 15) is 14.4 Å². The average molecular weight is 970 g/mol. The first-order valence-electron chi connectivity index (χ1n) is 30.5. The highest BCUT2D eigenvalue weighted by Crippen LogP contribution is 2.17. The molecule has 0 N–H and O–H groups in total. The van der Waals surface area contributed by atoms with E-state index in [0.29, 0.717) is 19.3 Å². The van der Waals surface area contributed by atoms with Crippen LogP contribution in [0.15, 0.2) is 36.5 Å². The lowest BCUT2D eigenvalue weighted by molar-refractivity contribution is -0.167. The highest BCUT2D eigenvalue weighted by atomic mass is 16.6. The third kappa shape index (κ3) is 56.4. The van der Waals surface area contributed by atoms with Crippen LogP contribution < -0.4 is 0 Å². The molecule has 0 aromatic rings. The van der Waals surface area contributed by atoms with Crippen molar-refractivity contribution in [2.75, 3.05) is 13.2 Å². The first-order valence-corrected chi connectivity index (χ1v) is 30.5. The van der Waals surface area contributed by atoms with Crippen LogP contribution in [-0.4, -0.2) is 37.2 Å². The standard InChI is InChI=1S/C63H116O6/c1-4-7-10-13-16-18-20-22-24-26-27-28-29-30-31-32-33-34-35-37-38-40-42-44-47-50-53-56-62(65)68-59-60(58-67-61(64)55-52-49-46-15-12-9-6-3)69-63(66)57-54-51-48-45-43-41-39-36-25-23-21-19-17-14-11-8-5-2/h20,22,26-27,29-30,60H,4-19,21,23-25,28,31-59H2,1-3H3/b22-20-,27-26-,30-29-. The molecule has 0 saturated heterocycles. The quantitative estimate of drug-likeness (QED) is 0.0261. The van der Waals surface area contributed by atoms with Crippen LogP contribution in [0.1, 0.15) is 329 Å². The summed E-state index contributed by atoms with van der Waals surface area (Å²) in [4.78, 5) is 38.0. The molecule has 404 valence electrons. The summed E-state index contributed by atoms with van der Waals surface area (Å²) in [5, 5.41) is 0. The summed E-state index contributed by atoms with van der Waals surface area (Å²) < 4.78 is 16.8. The van der Waals surface area contributed by atoms with Crippen molar-refractivity contribution in [3.05, 3.63) is 36.5 Å². The number of hydrogen-bond acceptors (Lipinski definition) is 6. The zero-order valence-corrected chi connectivity index (χ0v) is 46.3. The van der Waals surface area contributed by atoms with Crippen molar-refractivity contribution in [2.24, 2.45) is 0 Å². The van der Waals surface area contributed by atoms with Crippen molar-refractivity contribution in [1.29, 1.82) is 0 Å². The second-order valence-electron chi connectivity index (χ2n) is 20.6. The van der Waals surface area contributed by atoms with Gasteiger partial charge in [0.1, 0.15) is 13.2 Å². The summed E-state index contributed by atoms with van der Waals surface area (Å²) in [5.41, 5.74) is 0. The van der Waals surface area contributed by atoms with Gasteiger partial charge in [-0.1, -0.05) is 288 Å². The molecule has 0 fully saturated rings. The predicted octanol–water partition coefficient (Wildman–Crippen LogP) is 20.4. The monoisotopic (exact) mass is 969 g/mol. The van der Waals surface area contributed by atoms with Gasteiger partial charge in [0.2, 0.25) is 0 Å². The predicted molar refractivity (Wildman–Crippen MR) is 298 cm³/mol. The van der Waals surface area contributed by atoms with Gasteiger partial charge in [-0.05, 0) is 57.8 Å². The van der Waals surface area contributed by atoms with Crippen LogP contribution >= 0.6 is 0 Å². The molecule has 0 amide bonds. The first kappa shape index (κ1) is 66.6. The van der Waals surface area contributed by atoms with Gasteiger partial charge in [0, 0.05) is 19.3 Å². The van der Waals surface area contributed by atoms with E-state index in [1.807, 2.05) is 0 Å². The summed E-state index contributed by atoms with van der Waals surface area (Å²) in [6.07, 6.45) is 70.3. The second-order valence-corrected chi connectivity index (χ2v) is 20.6. The van der Waals surface area contributed by atoms with Gasteiger partial charge in [0.25, 0.3) is 0 Å². The maximum Gasteiger partial charge on any atom is 0.306 e. The topological polar surface area (TPSA) is 78.9 Å². The third-order valence-electron chi connectivity index (χ3n) is 13.6. The Labute approximate surface area is 429 Å². The Morgan fingerprint density at radius 3 is 0.812 bits per heavy atom. The van der Waals surface area contributed by atoms with Crippen molar-refractivity contribution < 1.29 is 28.6 Å². The molecule has 1 atom stereocenters. The molecule has 0 spiro atoms. The van der Waals surface area contributed by atoms with Crippen molar-refractivity contribution >= 4 is 17.9 Å². The summed E-state index contributed by atoms with van der Waals surface area (Å²) >= 11 is 0. The summed E-state index contributed by atoms with van der Waals surface area (Å²) in [7, 11) is 0. The van der Waals surface area contributed by atoms with Crippen LogP contribution in [0.4, 0.5) is 0 Å². The molecule has 0 rings (SSSR count). The van der Waals surface area contributed by atoms with Gasteiger partial charge in [0.05, 0.1) is 0 Å². The van der Waals surface area contributed by atoms with Gasteiger partial charge >= 0.3 is 17.9 Å². The minimum absolute atomic E-state index is 0.0682. The van der Waals surface area contributed by atoms with Crippen LogP contribution in [0, 0.1) is 0 Å². The van der Waals surface area contributed by atoms with Crippen LogP contribution in [0.5, 0.6) is 0 Å². The lowest BCUT2D eigenvalue weighted by atomic mass is 10.0. The van der Waals surface area contributed by atoms with E-state index >= 15 is 0 Å². The molecule has 0 radical (unpaired) electrons. The van der Waals surface area contributed by atoms with E-state index in [2.05, 4.69) is 57.2 Å². The Bertz CT molecular complexity index is 1160. The Morgan fingerprint density at radius 2 is 0.522 bits per heavy atom. The molecule has 6 nitrogen and oxygen atoms in total. The number of carbonyl (C=O) groups excluding carboxylic acids is 3. The maximum absolute atomic E-state index is 12.8. The van der Waals surface area contributed by atoms with Gasteiger partial charge in [-0.15, -0.1) is 0 Å². The minimum atomic E-state index is -0.766. The van der Waals surface area contributed by atoms with Gasteiger partial charge < -0.3 is 14.2 Å². The largest absolute Gasteiger partial charge is 0.462 e. The molecule has 69 heavy (non-hydrogen) atoms. The molecule has 0 aliphatic carbocycles. The first-order chi connectivity index (χ1) is 34.0. The fourth-order valence-corrected chi connectivity index (χ4v) is 9.04. The number of hydrogen-bond donors (Lipinski definition) is 0. The molecule has 0 aliphatic rings. The maximum atomic E-state index is 12.8. The molecule has 0 bridgehead atoms. The van der Waals surface area contributed by atoms with Gasteiger partial charge in [-0.3, -0.25) is 14.4 Å². The molecule has 0 aromatic heterocycles. The number of esters is 3. The molecular formula is C63H116O6. The number of carbonyl (C=O) groups is 3. The number of allylic oxidation sites excluding steroid dienone is 6. The van der Waals surface area contributed by atoms with Crippen LogP contribution in [0.25, 0.3) is 0 Å². The van der Waals surface area contributed by atoms with Gasteiger partial charge in [-0.25, -0.2) is 0 Å². The van der Waals surface area contributed by atoms with E-state index in [1.165, 1.54) is 218 Å². The molecule has 0 aromatic carbocycles. The van der Waals surface area contributed by atoms with Crippen LogP contribution in [-0.2, 0) is 28.6 Å². The molecule has 6 heteroatoms. The average Bonchev–Trinajstić information content (AvgIpc) is 3.35. The van der Waals surface area contributed by atoms with Crippen molar-refractivity contribution in [1.82, 2.24) is 0 Å². The summed E-state index contributed by atoms with van der Waals surface area (Å²) in [5.74, 6) is -0.857. The number of unbranched alkanes of at least 4 members (excludes halogenated alkanes) is 39. The Balaban J connectivity index is 4.09. The zero-order valence-electron chi connectivity index (χ0n) is 46.3. The van der Waals surface area contributed by atoms with E-state index in [0.717, 1.165) is 70.6 Å². The highest BCUT2D eigenvalue weighted by Gasteiger charge is 2.19. The lowest BCUT2D eigenvalue weighted by Crippen LogP contribution is -2.30. The van der Waals surface area contributed by atoms with Gasteiger partial charge in [0.15, 0.2) is 6.10 Å². The SMILES string of the molecule is CCCCCCC/C=C\C/C=C\C/C=C\CCCCCCCCCCCCCCC(=O)OCC(COC(=O)CCCCCCCCC)OC(=O)CCCCCCCCCCCCCCCCCCC. The van der Waals surface area contributed by atoms with E-state index in [1.54, 1.807) is 0 Å². The highest BCUT2D eigenvalue weighted by molar-refractivity contribution is 5.71. The van der Waals surface area contributed by atoms with Gasteiger partial charge in [-0.2, -0.15) is 0 Å². The smallest absolute Gasteiger partial charge is 0.306 e. The Hall–Kier alpha value is -2.37.